The van der Waals surface area contributed by atoms with E-state index < -0.39 is 10.8 Å². The van der Waals surface area contributed by atoms with Crippen LogP contribution in [0.25, 0.3) is 0 Å². The highest BCUT2D eigenvalue weighted by atomic mass is 16.6. The van der Waals surface area contributed by atoms with Crippen LogP contribution in [0.1, 0.15) is 37.0 Å². The van der Waals surface area contributed by atoms with Gasteiger partial charge in [0.2, 0.25) is 5.91 Å². The predicted molar refractivity (Wildman–Crippen MR) is 80.4 cm³/mol. The number of carbonyl (C=O) groups is 1. The van der Waals surface area contributed by atoms with Crippen LogP contribution in [0.5, 0.6) is 0 Å². The molecule has 7 nitrogen and oxygen atoms in total. The summed E-state index contributed by atoms with van der Waals surface area (Å²) in [7, 11) is 0. The normalized spacial score (nSPS) is 10.6. The van der Waals surface area contributed by atoms with Crippen molar-refractivity contribution < 1.29 is 14.5 Å². The quantitative estimate of drug-likeness (QED) is 0.413. The van der Waals surface area contributed by atoms with E-state index in [1.807, 2.05) is 13.8 Å². The average Bonchev–Trinajstić information content (AvgIpc) is 2.42. The molecule has 0 aliphatic heterocycles. The van der Waals surface area contributed by atoms with Gasteiger partial charge in [0.15, 0.2) is 0 Å². The Kier molecular flexibility index (Phi) is 6.61. The lowest BCUT2D eigenvalue weighted by molar-refractivity contribution is -0.384. The third-order valence-electron chi connectivity index (χ3n) is 2.82. The number of nitrogens with one attached hydrogen (secondary N) is 1. The standard InChI is InChI=1S/C14H21N3O4/c1-10(2)21-8-4-3-7-16-12-6-5-11(14(15)18)9-13(12)17(19)20/h5-6,9-10,16H,3-4,7-8H2,1-2H3,(H2,15,18). The van der Waals surface area contributed by atoms with Crippen molar-refractivity contribution in [3.63, 3.8) is 0 Å². The zero-order valence-corrected chi connectivity index (χ0v) is 12.3. The Balaban J connectivity index is 2.54. The Labute approximate surface area is 123 Å². The first-order chi connectivity index (χ1) is 9.91. The maximum Gasteiger partial charge on any atom is 0.293 e. The van der Waals surface area contributed by atoms with E-state index in [0.29, 0.717) is 18.8 Å². The summed E-state index contributed by atoms with van der Waals surface area (Å²) in [5, 5.41) is 14.0. The molecule has 0 saturated carbocycles. The monoisotopic (exact) mass is 295 g/mol. The second-order valence-electron chi connectivity index (χ2n) is 4.91. The minimum Gasteiger partial charge on any atom is -0.379 e. The number of rotatable bonds is 9. The van der Waals surface area contributed by atoms with Crippen LogP contribution in [0, 0.1) is 10.1 Å². The lowest BCUT2D eigenvalue weighted by Crippen LogP contribution is -2.12. The van der Waals surface area contributed by atoms with E-state index in [1.54, 1.807) is 0 Å². The molecule has 7 heteroatoms. The van der Waals surface area contributed by atoms with Crippen molar-refractivity contribution in [2.24, 2.45) is 5.73 Å². The molecule has 0 radical (unpaired) electrons. The summed E-state index contributed by atoms with van der Waals surface area (Å²) in [5.41, 5.74) is 5.47. The molecule has 0 spiro atoms. The third kappa shape index (κ3) is 5.78. The van der Waals surface area contributed by atoms with E-state index in [4.69, 9.17) is 10.5 Å². The molecule has 21 heavy (non-hydrogen) atoms. The Morgan fingerprint density at radius 1 is 1.43 bits per heavy atom. The molecule has 0 unspecified atom stereocenters. The molecule has 3 N–H and O–H groups in total. The molecule has 1 rings (SSSR count). The molecule has 0 aliphatic carbocycles. The summed E-state index contributed by atoms with van der Waals surface area (Å²) in [6.45, 7) is 5.21. The van der Waals surface area contributed by atoms with E-state index in [0.717, 1.165) is 12.8 Å². The van der Waals surface area contributed by atoms with Gasteiger partial charge in [-0.3, -0.25) is 14.9 Å². The summed E-state index contributed by atoms with van der Waals surface area (Å²) in [5.74, 6) is -0.685. The number of hydrogen-bond acceptors (Lipinski definition) is 5. The van der Waals surface area contributed by atoms with Gasteiger partial charge < -0.3 is 15.8 Å². The Hall–Kier alpha value is -2.15. The molecular formula is C14H21N3O4. The molecule has 1 aromatic rings. The first-order valence-electron chi connectivity index (χ1n) is 6.85. The largest absolute Gasteiger partial charge is 0.379 e. The summed E-state index contributed by atoms with van der Waals surface area (Å²) >= 11 is 0. The average molecular weight is 295 g/mol. The number of benzene rings is 1. The van der Waals surface area contributed by atoms with Crippen molar-refractivity contribution >= 4 is 17.3 Å². The second kappa shape index (κ2) is 8.21. The number of nitro benzene ring substituents is 1. The van der Waals surface area contributed by atoms with Gasteiger partial charge >= 0.3 is 0 Å². The topological polar surface area (TPSA) is 107 Å². The third-order valence-corrected chi connectivity index (χ3v) is 2.82. The van der Waals surface area contributed by atoms with Gasteiger partial charge in [-0.05, 0) is 38.8 Å². The molecule has 0 saturated heterocycles. The molecule has 116 valence electrons. The van der Waals surface area contributed by atoms with Crippen LogP contribution in [0.2, 0.25) is 0 Å². The zero-order valence-electron chi connectivity index (χ0n) is 12.3. The molecule has 1 amide bonds. The van der Waals surface area contributed by atoms with Crippen molar-refractivity contribution in [2.75, 3.05) is 18.5 Å². The molecule has 0 aromatic heterocycles. The number of ether oxygens (including phenoxy) is 1. The molecule has 0 bridgehead atoms. The zero-order chi connectivity index (χ0) is 15.8. The Morgan fingerprint density at radius 2 is 2.14 bits per heavy atom. The van der Waals surface area contributed by atoms with Crippen molar-refractivity contribution in [3.05, 3.63) is 33.9 Å². The fraction of sp³-hybridized carbons (Fsp3) is 0.500. The molecular weight excluding hydrogens is 274 g/mol. The lowest BCUT2D eigenvalue weighted by Gasteiger charge is -2.09. The molecule has 0 atom stereocenters. The number of nitro groups is 1. The van der Waals surface area contributed by atoms with Crippen LogP contribution in [0.3, 0.4) is 0 Å². The van der Waals surface area contributed by atoms with Crippen LogP contribution < -0.4 is 11.1 Å². The summed E-state index contributed by atoms with van der Waals surface area (Å²) in [6.07, 6.45) is 1.92. The first-order valence-corrected chi connectivity index (χ1v) is 6.85. The maximum absolute atomic E-state index is 11.0. The molecule has 1 aromatic carbocycles. The van der Waals surface area contributed by atoms with Gasteiger partial charge in [0.1, 0.15) is 5.69 Å². The van der Waals surface area contributed by atoms with Gasteiger partial charge in [0.25, 0.3) is 5.69 Å². The number of nitrogens with zero attached hydrogens (tertiary/aromatic N) is 1. The minimum atomic E-state index is -0.685. The van der Waals surface area contributed by atoms with Crippen molar-refractivity contribution in [2.45, 2.75) is 32.8 Å². The number of carbonyl (C=O) groups excluding carboxylic acids is 1. The molecule has 0 aliphatic rings. The van der Waals surface area contributed by atoms with Crippen LogP contribution in [0.15, 0.2) is 18.2 Å². The van der Waals surface area contributed by atoms with E-state index >= 15 is 0 Å². The van der Waals surface area contributed by atoms with Gasteiger partial charge in [-0.15, -0.1) is 0 Å². The summed E-state index contributed by atoms with van der Waals surface area (Å²) in [4.78, 5) is 21.5. The first kappa shape index (κ1) is 16.9. The van der Waals surface area contributed by atoms with Crippen LogP contribution >= 0.6 is 0 Å². The number of primary amides is 1. The van der Waals surface area contributed by atoms with E-state index in [-0.39, 0.29) is 17.4 Å². The Morgan fingerprint density at radius 3 is 2.71 bits per heavy atom. The van der Waals surface area contributed by atoms with Gasteiger partial charge in [0, 0.05) is 24.8 Å². The van der Waals surface area contributed by atoms with E-state index in [2.05, 4.69) is 5.32 Å². The summed E-state index contributed by atoms with van der Waals surface area (Å²) in [6, 6.07) is 4.16. The van der Waals surface area contributed by atoms with Gasteiger partial charge in [-0.25, -0.2) is 0 Å². The number of unbranched alkanes of at least 4 members (excludes halogenated alkanes) is 1. The minimum absolute atomic E-state index is 0.123. The smallest absolute Gasteiger partial charge is 0.293 e. The van der Waals surface area contributed by atoms with Crippen LogP contribution in [0.4, 0.5) is 11.4 Å². The maximum atomic E-state index is 11.0. The highest BCUT2D eigenvalue weighted by molar-refractivity contribution is 5.94. The fourth-order valence-corrected chi connectivity index (χ4v) is 1.75. The molecule has 0 fully saturated rings. The highest BCUT2D eigenvalue weighted by Crippen LogP contribution is 2.25. The number of hydrogen-bond donors (Lipinski definition) is 2. The highest BCUT2D eigenvalue weighted by Gasteiger charge is 2.16. The van der Waals surface area contributed by atoms with Gasteiger partial charge in [-0.2, -0.15) is 0 Å². The van der Waals surface area contributed by atoms with Crippen LogP contribution in [-0.2, 0) is 4.74 Å². The summed E-state index contributed by atoms with van der Waals surface area (Å²) < 4.78 is 5.41. The number of nitrogens with two attached hydrogens (primary N) is 1. The van der Waals surface area contributed by atoms with Crippen LogP contribution in [-0.4, -0.2) is 30.1 Å². The van der Waals surface area contributed by atoms with E-state index in [9.17, 15) is 14.9 Å². The fourth-order valence-electron chi connectivity index (χ4n) is 1.75. The molecule has 0 heterocycles. The van der Waals surface area contributed by atoms with E-state index in [1.165, 1.54) is 18.2 Å². The van der Waals surface area contributed by atoms with Gasteiger partial charge in [-0.1, -0.05) is 0 Å². The van der Waals surface area contributed by atoms with Crippen molar-refractivity contribution in [1.82, 2.24) is 0 Å². The second-order valence-corrected chi connectivity index (χ2v) is 4.91. The predicted octanol–water partition coefficient (Wildman–Crippen LogP) is 2.31. The van der Waals surface area contributed by atoms with Crippen molar-refractivity contribution in [1.29, 1.82) is 0 Å². The SMILES string of the molecule is CC(C)OCCCCNc1ccc(C(N)=O)cc1[N+](=O)[O-]. The Bertz CT molecular complexity index is 503. The van der Waals surface area contributed by atoms with Crippen molar-refractivity contribution in [3.8, 4) is 0 Å². The lowest BCUT2D eigenvalue weighted by atomic mass is 10.1. The number of anilines is 1. The van der Waals surface area contributed by atoms with Gasteiger partial charge in [0.05, 0.1) is 11.0 Å². The number of amides is 1.